The van der Waals surface area contributed by atoms with Crippen molar-refractivity contribution in [3.05, 3.63) is 58.0 Å². The minimum absolute atomic E-state index is 0.107. The van der Waals surface area contributed by atoms with Crippen LogP contribution in [0.5, 0.6) is 0 Å². The standard InChI is InChI=1S/C18H26N4/c1-4-16(18(2,3)22-13-9-6-10-14-22)17(20-21-19)15-11-7-5-8-12-15/h4-5,7-8,11-12,17H,6,9-10,13-14H2,1-3H3. The summed E-state index contributed by atoms with van der Waals surface area (Å²) in [7, 11) is 0. The molecule has 4 nitrogen and oxygen atoms in total. The first-order valence-corrected chi connectivity index (χ1v) is 8.12. The lowest BCUT2D eigenvalue weighted by atomic mass is 9.82. The summed E-state index contributed by atoms with van der Waals surface area (Å²) in [6.45, 7) is 8.76. The lowest BCUT2D eigenvalue weighted by Crippen LogP contribution is -2.49. The average Bonchev–Trinajstić information content (AvgIpc) is 2.56. The number of nitrogens with zero attached hydrogens (tertiary/aromatic N) is 4. The van der Waals surface area contributed by atoms with Crippen molar-refractivity contribution in [1.29, 1.82) is 0 Å². The molecule has 1 saturated heterocycles. The van der Waals surface area contributed by atoms with Gasteiger partial charge in [0.15, 0.2) is 0 Å². The molecule has 1 aliphatic heterocycles. The molecule has 118 valence electrons. The maximum Gasteiger partial charge on any atom is 0.0853 e. The van der Waals surface area contributed by atoms with E-state index >= 15 is 0 Å². The third-order valence-electron chi connectivity index (χ3n) is 4.74. The van der Waals surface area contributed by atoms with Crippen molar-refractivity contribution in [2.24, 2.45) is 5.11 Å². The summed E-state index contributed by atoms with van der Waals surface area (Å²) in [5.74, 6) is 0. The zero-order valence-electron chi connectivity index (χ0n) is 13.9. The van der Waals surface area contributed by atoms with Crippen LogP contribution in [0.1, 0.15) is 51.6 Å². The highest BCUT2D eigenvalue weighted by Gasteiger charge is 2.35. The molecule has 4 heteroatoms. The van der Waals surface area contributed by atoms with E-state index in [-0.39, 0.29) is 11.6 Å². The van der Waals surface area contributed by atoms with Gasteiger partial charge < -0.3 is 0 Å². The second kappa shape index (κ2) is 7.48. The highest BCUT2D eigenvalue weighted by molar-refractivity contribution is 5.34. The Morgan fingerprint density at radius 3 is 2.41 bits per heavy atom. The van der Waals surface area contributed by atoms with Gasteiger partial charge in [0.25, 0.3) is 0 Å². The van der Waals surface area contributed by atoms with Gasteiger partial charge in [0.05, 0.1) is 6.04 Å². The van der Waals surface area contributed by atoms with Crippen LogP contribution in [0.3, 0.4) is 0 Å². The van der Waals surface area contributed by atoms with E-state index in [0.717, 1.165) is 18.7 Å². The predicted octanol–water partition coefficient (Wildman–Crippen LogP) is 5.25. The summed E-state index contributed by atoms with van der Waals surface area (Å²) in [5, 5.41) is 4.11. The Hall–Kier alpha value is -1.77. The highest BCUT2D eigenvalue weighted by atomic mass is 15.2. The van der Waals surface area contributed by atoms with E-state index in [0.29, 0.717) is 0 Å². The fourth-order valence-electron chi connectivity index (χ4n) is 3.48. The Morgan fingerprint density at radius 2 is 1.86 bits per heavy atom. The SMILES string of the molecule is CC=C(C(N=[N+]=[N-])c1ccccc1)C(C)(C)N1CCCCC1. The number of likely N-dealkylation sites (tertiary alicyclic amines) is 1. The molecule has 0 N–H and O–H groups in total. The fourth-order valence-corrected chi connectivity index (χ4v) is 3.48. The Kier molecular flexibility index (Phi) is 5.64. The van der Waals surface area contributed by atoms with E-state index in [1.807, 2.05) is 37.3 Å². The molecule has 0 bridgehead atoms. The molecule has 0 spiro atoms. The van der Waals surface area contributed by atoms with E-state index in [2.05, 4.69) is 34.8 Å². The van der Waals surface area contributed by atoms with Crippen molar-refractivity contribution >= 4 is 0 Å². The van der Waals surface area contributed by atoms with Crippen LogP contribution < -0.4 is 0 Å². The van der Waals surface area contributed by atoms with Gasteiger partial charge in [-0.05, 0) is 63.4 Å². The molecule has 0 saturated carbocycles. The molecule has 1 aromatic rings. The van der Waals surface area contributed by atoms with Crippen molar-refractivity contribution < 1.29 is 0 Å². The molecule has 0 amide bonds. The molecule has 1 unspecified atom stereocenters. The minimum atomic E-state index is -0.242. The maximum absolute atomic E-state index is 9.04. The molecule has 1 heterocycles. The first kappa shape index (κ1) is 16.6. The van der Waals surface area contributed by atoms with Crippen LogP contribution >= 0.6 is 0 Å². The molecular weight excluding hydrogens is 272 g/mol. The van der Waals surface area contributed by atoms with Crippen LogP contribution in [0.2, 0.25) is 0 Å². The summed E-state index contributed by atoms with van der Waals surface area (Å²) in [4.78, 5) is 5.63. The smallest absolute Gasteiger partial charge is 0.0853 e. The van der Waals surface area contributed by atoms with E-state index in [1.54, 1.807) is 0 Å². The average molecular weight is 298 g/mol. The van der Waals surface area contributed by atoms with E-state index < -0.39 is 0 Å². The van der Waals surface area contributed by atoms with Crippen molar-refractivity contribution in [2.45, 2.75) is 51.6 Å². The van der Waals surface area contributed by atoms with Gasteiger partial charge in [0, 0.05) is 10.5 Å². The topological polar surface area (TPSA) is 52.0 Å². The number of piperidine rings is 1. The van der Waals surface area contributed by atoms with Gasteiger partial charge >= 0.3 is 0 Å². The summed E-state index contributed by atoms with van der Waals surface area (Å²) in [6.07, 6.45) is 5.94. The summed E-state index contributed by atoms with van der Waals surface area (Å²) in [5.41, 5.74) is 11.2. The number of azide groups is 1. The molecular formula is C18H26N4. The van der Waals surface area contributed by atoms with Crippen LogP contribution in [-0.4, -0.2) is 23.5 Å². The fraction of sp³-hybridized carbons (Fsp3) is 0.556. The van der Waals surface area contributed by atoms with Gasteiger partial charge in [-0.3, -0.25) is 4.90 Å². The van der Waals surface area contributed by atoms with Crippen molar-refractivity contribution in [1.82, 2.24) is 4.90 Å². The summed E-state index contributed by atoms with van der Waals surface area (Å²) >= 11 is 0. The number of rotatable bonds is 5. The van der Waals surface area contributed by atoms with Gasteiger partial charge in [0.1, 0.15) is 0 Å². The lowest BCUT2D eigenvalue weighted by Gasteiger charge is -2.44. The van der Waals surface area contributed by atoms with Crippen molar-refractivity contribution in [2.75, 3.05) is 13.1 Å². The minimum Gasteiger partial charge on any atom is -0.294 e. The van der Waals surface area contributed by atoms with Crippen LogP contribution in [0.25, 0.3) is 10.4 Å². The monoisotopic (exact) mass is 298 g/mol. The van der Waals surface area contributed by atoms with E-state index in [9.17, 15) is 0 Å². The molecule has 1 aromatic carbocycles. The largest absolute Gasteiger partial charge is 0.294 e. The van der Waals surface area contributed by atoms with Gasteiger partial charge in [-0.15, -0.1) is 0 Å². The molecule has 0 aromatic heterocycles. The van der Waals surface area contributed by atoms with Gasteiger partial charge in [-0.25, -0.2) is 0 Å². The van der Waals surface area contributed by atoms with Gasteiger partial charge in [-0.2, -0.15) is 0 Å². The van der Waals surface area contributed by atoms with Crippen molar-refractivity contribution in [3.63, 3.8) is 0 Å². The number of allylic oxidation sites excluding steroid dienone is 1. The van der Waals surface area contributed by atoms with Crippen LogP contribution in [0, 0.1) is 0 Å². The Balaban J connectivity index is 2.37. The Bertz CT molecular complexity index is 550. The molecule has 0 aliphatic carbocycles. The Morgan fingerprint density at radius 1 is 1.23 bits per heavy atom. The summed E-state index contributed by atoms with van der Waals surface area (Å²) < 4.78 is 0. The Labute approximate surface area is 133 Å². The molecule has 1 aliphatic rings. The number of hydrogen-bond donors (Lipinski definition) is 0. The first-order chi connectivity index (χ1) is 10.6. The second-order valence-corrected chi connectivity index (χ2v) is 6.37. The second-order valence-electron chi connectivity index (χ2n) is 6.37. The van der Waals surface area contributed by atoms with Crippen molar-refractivity contribution in [3.8, 4) is 0 Å². The van der Waals surface area contributed by atoms with E-state index in [1.165, 1.54) is 24.8 Å². The van der Waals surface area contributed by atoms with E-state index in [4.69, 9.17) is 5.53 Å². The molecule has 2 rings (SSSR count). The normalized spacial score (nSPS) is 18.6. The third-order valence-corrected chi connectivity index (χ3v) is 4.74. The highest BCUT2D eigenvalue weighted by Crippen LogP contribution is 2.38. The zero-order chi connectivity index (χ0) is 16.0. The zero-order valence-corrected chi connectivity index (χ0v) is 13.9. The first-order valence-electron chi connectivity index (χ1n) is 8.12. The summed E-state index contributed by atoms with van der Waals surface area (Å²) in [6, 6.07) is 9.81. The third kappa shape index (κ3) is 3.52. The molecule has 1 fully saturated rings. The van der Waals surface area contributed by atoms with Crippen LogP contribution in [0.15, 0.2) is 47.1 Å². The van der Waals surface area contributed by atoms with Crippen LogP contribution in [0.4, 0.5) is 0 Å². The lowest BCUT2D eigenvalue weighted by molar-refractivity contribution is 0.118. The predicted molar refractivity (Wildman–Crippen MR) is 91.6 cm³/mol. The molecule has 1 atom stereocenters. The quantitative estimate of drug-likeness (QED) is 0.317. The molecule has 22 heavy (non-hydrogen) atoms. The van der Waals surface area contributed by atoms with Crippen LogP contribution in [-0.2, 0) is 0 Å². The molecule has 0 radical (unpaired) electrons. The number of benzene rings is 1. The maximum atomic E-state index is 9.04. The van der Waals surface area contributed by atoms with Gasteiger partial charge in [0.2, 0.25) is 0 Å². The number of hydrogen-bond acceptors (Lipinski definition) is 2. The van der Waals surface area contributed by atoms with Gasteiger partial charge in [-0.1, -0.05) is 47.9 Å².